The molecule has 0 saturated heterocycles. The van der Waals surface area contributed by atoms with Gasteiger partial charge in [0.1, 0.15) is 10.8 Å². The Kier molecular flexibility index (Phi) is 3.88. The van der Waals surface area contributed by atoms with E-state index in [9.17, 15) is 0 Å². The Morgan fingerprint density at radius 1 is 1.44 bits per heavy atom. The number of aromatic nitrogens is 3. The van der Waals surface area contributed by atoms with Gasteiger partial charge in [-0.25, -0.2) is 4.98 Å². The molecule has 0 aromatic carbocycles. The minimum atomic E-state index is 0.363. The lowest BCUT2D eigenvalue weighted by molar-refractivity contribution is 0.742. The van der Waals surface area contributed by atoms with Crippen LogP contribution < -0.4 is 11.1 Å². The van der Waals surface area contributed by atoms with Gasteiger partial charge in [0.05, 0.1) is 5.69 Å². The zero-order chi connectivity index (χ0) is 13.0. The van der Waals surface area contributed by atoms with Crippen molar-refractivity contribution in [2.45, 2.75) is 6.42 Å². The van der Waals surface area contributed by atoms with Crippen LogP contribution in [0.4, 0.5) is 5.82 Å². The number of aryl methyl sites for hydroxylation is 1. The topological polar surface area (TPSA) is 68.8 Å². The van der Waals surface area contributed by atoms with Gasteiger partial charge in [0, 0.05) is 38.0 Å². The van der Waals surface area contributed by atoms with Crippen molar-refractivity contribution in [3.63, 3.8) is 0 Å². The molecule has 2 aromatic rings. The van der Waals surface area contributed by atoms with Crippen molar-refractivity contribution in [1.82, 2.24) is 14.8 Å². The molecule has 3 N–H and O–H groups in total. The van der Waals surface area contributed by atoms with Crippen molar-refractivity contribution in [3.05, 3.63) is 41.9 Å². The summed E-state index contributed by atoms with van der Waals surface area (Å²) in [6.45, 7) is 0.788. The van der Waals surface area contributed by atoms with E-state index in [4.69, 9.17) is 18.0 Å². The van der Waals surface area contributed by atoms with Crippen LogP contribution in [0.25, 0.3) is 0 Å². The van der Waals surface area contributed by atoms with Gasteiger partial charge < -0.3 is 11.1 Å². The molecule has 0 bridgehead atoms. The summed E-state index contributed by atoms with van der Waals surface area (Å²) < 4.78 is 1.80. The van der Waals surface area contributed by atoms with Crippen molar-refractivity contribution in [2.75, 3.05) is 11.9 Å². The molecule has 18 heavy (non-hydrogen) atoms. The van der Waals surface area contributed by atoms with Gasteiger partial charge in [0.2, 0.25) is 0 Å². The lowest BCUT2D eigenvalue weighted by Crippen LogP contribution is -2.11. The van der Waals surface area contributed by atoms with Crippen LogP contribution in [0, 0.1) is 0 Å². The highest BCUT2D eigenvalue weighted by atomic mass is 32.1. The number of anilines is 1. The molecule has 0 fully saturated rings. The highest BCUT2D eigenvalue weighted by Crippen LogP contribution is 2.05. The maximum atomic E-state index is 5.50. The quantitative estimate of drug-likeness (QED) is 0.789. The van der Waals surface area contributed by atoms with Gasteiger partial charge in [0.25, 0.3) is 0 Å². The fraction of sp³-hybridized carbons (Fsp3) is 0.250. The molecule has 0 aliphatic heterocycles. The number of nitrogens with two attached hydrogens (primary N) is 1. The normalized spacial score (nSPS) is 10.3. The van der Waals surface area contributed by atoms with E-state index < -0.39 is 0 Å². The Hall–Kier alpha value is -1.95. The summed E-state index contributed by atoms with van der Waals surface area (Å²) in [5, 5.41) is 7.53. The van der Waals surface area contributed by atoms with Gasteiger partial charge in [-0.05, 0) is 18.2 Å². The number of rotatable bonds is 5. The summed E-state index contributed by atoms with van der Waals surface area (Å²) in [5.41, 5.74) is 7.34. The molecule has 0 spiro atoms. The first kappa shape index (κ1) is 12.5. The molecule has 0 radical (unpaired) electrons. The van der Waals surface area contributed by atoms with Crippen molar-refractivity contribution in [2.24, 2.45) is 12.8 Å². The lowest BCUT2D eigenvalue weighted by atomic mass is 10.3. The number of thiocarbonyl (C=S) groups is 1. The van der Waals surface area contributed by atoms with E-state index in [1.54, 1.807) is 10.9 Å². The van der Waals surface area contributed by atoms with Crippen LogP contribution in [-0.2, 0) is 13.5 Å². The molecule has 2 heterocycles. The van der Waals surface area contributed by atoms with E-state index in [0.717, 1.165) is 30.0 Å². The molecule has 5 nitrogen and oxygen atoms in total. The van der Waals surface area contributed by atoms with Crippen molar-refractivity contribution >= 4 is 23.0 Å². The molecule has 0 atom stereocenters. The molecule has 0 aliphatic rings. The van der Waals surface area contributed by atoms with Crippen LogP contribution >= 0.6 is 12.2 Å². The molecular formula is C12H15N5S. The molecule has 0 unspecified atom stereocenters. The molecule has 0 aliphatic carbocycles. The fourth-order valence-corrected chi connectivity index (χ4v) is 1.68. The SMILES string of the molecule is Cn1ccc(CCNc2ccc(C(N)=S)cn2)n1. The standard InChI is InChI=1S/C12H15N5S/c1-17-7-5-10(16-17)4-6-14-11-3-2-9(8-15-11)12(13)18/h2-3,5,7-8H,4,6H2,1H3,(H2,13,18)(H,14,15). The minimum absolute atomic E-state index is 0.363. The van der Waals surface area contributed by atoms with Crippen LogP contribution in [0.5, 0.6) is 0 Å². The lowest BCUT2D eigenvalue weighted by Gasteiger charge is -2.05. The summed E-state index contributed by atoms with van der Waals surface area (Å²) in [4.78, 5) is 4.60. The van der Waals surface area contributed by atoms with Gasteiger partial charge in [0.15, 0.2) is 0 Å². The fourth-order valence-electron chi connectivity index (χ4n) is 1.56. The van der Waals surface area contributed by atoms with Gasteiger partial charge in [-0.2, -0.15) is 5.10 Å². The van der Waals surface area contributed by atoms with Crippen molar-refractivity contribution in [3.8, 4) is 0 Å². The van der Waals surface area contributed by atoms with E-state index in [0.29, 0.717) is 4.99 Å². The third kappa shape index (κ3) is 3.27. The number of hydrogen-bond donors (Lipinski definition) is 2. The maximum Gasteiger partial charge on any atom is 0.125 e. The predicted molar refractivity (Wildman–Crippen MR) is 75.5 cm³/mol. The number of nitrogens with one attached hydrogen (secondary N) is 1. The second-order valence-electron chi connectivity index (χ2n) is 3.95. The van der Waals surface area contributed by atoms with Crippen LogP contribution in [-0.4, -0.2) is 26.3 Å². The maximum absolute atomic E-state index is 5.50. The van der Waals surface area contributed by atoms with Gasteiger partial charge in [-0.1, -0.05) is 12.2 Å². The number of nitrogens with zero attached hydrogens (tertiary/aromatic N) is 3. The van der Waals surface area contributed by atoms with E-state index in [-0.39, 0.29) is 0 Å². The van der Waals surface area contributed by atoms with Gasteiger partial charge in [-0.3, -0.25) is 4.68 Å². The number of hydrogen-bond acceptors (Lipinski definition) is 4. The molecule has 2 rings (SSSR count). The average molecular weight is 261 g/mol. The second kappa shape index (κ2) is 5.59. The van der Waals surface area contributed by atoms with E-state index >= 15 is 0 Å². The molecule has 0 saturated carbocycles. The molecule has 6 heteroatoms. The highest BCUT2D eigenvalue weighted by Gasteiger charge is 1.99. The van der Waals surface area contributed by atoms with Crippen LogP contribution in [0.3, 0.4) is 0 Å². The Morgan fingerprint density at radius 3 is 2.83 bits per heavy atom. The number of pyridine rings is 1. The van der Waals surface area contributed by atoms with Gasteiger partial charge in [-0.15, -0.1) is 0 Å². The van der Waals surface area contributed by atoms with Crippen molar-refractivity contribution < 1.29 is 0 Å². The summed E-state index contributed by atoms with van der Waals surface area (Å²) in [6, 6.07) is 5.73. The Morgan fingerprint density at radius 2 is 2.28 bits per heavy atom. The summed E-state index contributed by atoms with van der Waals surface area (Å²) in [6.07, 6.45) is 4.47. The van der Waals surface area contributed by atoms with Crippen LogP contribution in [0.2, 0.25) is 0 Å². The van der Waals surface area contributed by atoms with E-state index in [1.807, 2.05) is 31.4 Å². The molecular weight excluding hydrogens is 246 g/mol. The van der Waals surface area contributed by atoms with Crippen LogP contribution in [0.1, 0.15) is 11.3 Å². The Bertz CT molecular complexity index is 532. The smallest absolute Gasteiger partial charge is 0.125 e. The molecule has 94 valence electrons. The Balaban J connectivity index is 1.85. The predicted octanol–water partition coefficient (Wildman–Crippen LogP) is 1.10. The largest absolute Gasteiger partial charge is 0.389 e. The second-order valence-corrected chi connectivity index (χ2v) is 4.39. The molecule has 2 aromatic heterocycles. The minimum Gasteiger partial charge on any atom is -0.389 e. The summed E-state index contributed by atoms with van der Waals surface area (Å²) in [5.74, 6) is 0.811. The van der Waals surface area contributed by atoms with Crippen LogP contribution in [0.15, 0.2) is 30.6 Å². The first-order valence-electron chi connectivity index (χ1n) is 5.63. The zero-order valence-electron chi connectivity index (χ0n) is 10.1. The third-order valence-electron chi connectivity index (χ3n) is 2.50. The first-order chi connectivity index (χ1) is 8.65. The molecule has 0 amide bonds. The highest BCUT2D eigenvalue weighted by molar-refractivity contribution is 7.80. The van der Waals surface area contributed by atoms with Gasteiger partial charge >= 0.3 is 0 Å². The third-order valence-corrected chi connectivity index (χ3v) is 2.74. The van der Waals surface area contributed by atoms with E-state index in [1.165, 1.54) is 0 Å². The summed E-state index contributed by atoms with van der Waals surface area (Å²) in [7, 11) is 1.91. The zero-order valence-corrected chi connectivity index (χ0v) is 10.9. The average Bonchev–Trinajstić information content (AvgIpc) is 2.76. The van der Waals surface area contributed by atoms with E-state index in [2.05, 4.69) is 15.4 Å². The Labute approximate surface area is 111 Å². The monoisotopic (exact) mass is 261 g/mol. The first-order valence-corrected chi connectivity index (χ1v) is 6.04. The summed E-state index contributed by atoms with van der Waals surface area (Å²) >= 11 is 4.87. The van der Waals surface area contributed by atoms with Crippen molar-refractivity contribution in [1.29, 1.82) is 0 Å².